The van der Waals surface area contributed by atoms with E-state index in [0.717, 1.165) is 10.9 Å². The molecular weight excluding hydrogens is 350 g/mol. The van der Waals surface area contributed by atoms with Gasteiger partial charge in [0.05, 0.1) is 14.2 Å². The van der Waals surface area contributed by atoms with Gasteiger partial charge in [-0.3, -0.25) is 4.79 Å². The molecule has 0 saturated heterocycles. The van der Waals surface area contributed by atoms with E-state index in [2.05, 4.69) is 5.32 Å². The molecule has 3 rings (SSSR count). The summed E-state index contributed by atoms with van der Waals surface area (Å²) in [5.74, 6) is 1.47. The standard InChI is InChI=1S/C20H19NO6/c1-24-15-6-7-17(25-2)14(9-15)11-21-19(22)12-26-16-5-3-13-4-8-20(23)27-18(13)10-16/h3-10H,11-12H2,1-2H3,(H,21,22). The fourth-order valence-electron chi connectivity index (χ4n) is 2.54. The molecule has 27 heavy (non-hydrogen) atoms. The quantitative estimate of drug-likeness (QED) is 0.644. The summed E-state index contributed by atoms with van der Waals surface area (Å²) in [4.78, 5) is 23.4. The molecule has 3 aromatic rings. The van der Waals surface area contributed by atoms with Crippen molar-refractivity contribution in [3.8, 4) is 17.2 Å². The Morgan fingerprint density at radius 3 is 2.56 bits per heavy atom. The molecule has 1 N–H and O–H groups in total. The van der Waals surface area contributed by atoms with E-state index in [1.165, 1.54) is 6.07 Å². The lowest BCUT2D eigenvalue weighted by atomic mass is 10.2. The van der Waals surface area contributed by atoms with Crippen LogP contribution in [0.4, 0.5) is 0 Å². The van der Waals surface area contributed by atoms with Crippen molar-refractivity contribution in [2.45, 2.75) is 6.54 Å². The first-order valence-corrected chi connectivity index (χ1v) is 8.23. The maximum Gasteiger partial charge on any atom is 0.336 e. The smallest absolute Gasteiger partial charge is 0.336 e. The van der Waals surface area contributed by atoms with E-state index < -0.39 is 5.63 Å². The highest BCUT2D eigenvalue weighted by Crippen LogP contribution is 2.23. The molecular formula is C20H19NO6. The molecule has 1 heterocycles. The highest BCUT2D eigenvalue weighted by atomic mass is 16.5. The van der Waals surface area contributed by atoms with E-state index >= 15 is 0 Å². The van der Waals surface area contributed by atoms with Crippen LogP contribution >= 0.6 is 0 Å². The van der Waals surface area contributed by atoms with E-state index in [0.29, 0.717) is 22.8 Å². The minimum atomic E-state index is -0.440. The first kappa shape index (κ1) is 18.3. The van der Waals surface area contributed by atoms with Gasteiger partial charge in [0.25, 0.3) is 5.91 Å². The van der Waals surface area contributed by atoms with Crippen LogP contribution in [0.5, 0.6) is 17.2 Å². The third kappa shape index (κ3) is 4.58. The number of amides is 1. The van der Waals surface area contributed by atoms with Crippen molar-refractivity contribution in [1.82, 2.24) is 5.32 Å². The Bertz CT molecular complexity index is 1010. The third-order valence-electron chi connectivity index (χ3n) is 3.93. The molecule has 2 aromatic carbocycles. The topological polar surface area (TPSA) is 87.0 Å². The van der Waals surface area contributed by atoms with Crippen LogP contribution in [0.15, 0.2) is 57.7 Å². The van der Waals surface area contributed by atoms with E-state index in [-0.39, 0.29) is 19.1 Å². The molecule has 0 bridgehead atoms. The molecule has 0 aliphatic carbocycles. The fraction of sp³-hybridized carbons (Fsp3) is 0.200. The number of ether oxygens (including phenoxy) is 3. The van der Waals surface area contributed by atoms with Gasteiger partial charge < -0.3 is 23.9 Å². The molecule has 0 unspecified atom stereocenters. The Morgan fingerprint density at radius 1 is 1.00 bits per heavy atom. The minimum Gasteiger partial charge on any atom is -0.497 e. The number of carbonyl (C=O) groups is 1. The first-order chi connectivity index (χ1) is 13.1. The van der Waals surface area contributed by atoms with Crippen molar-refractivity contribution < 1.29 is 23.4 Å². The van der Waals surface area contributed by atoms with Crippen molar-refractivity contribution in [1.29, 1.82) is 0 Å². The van der Waals surface area contributed by atoms with Gasteiger partial charge in [0.2, 0.25) is 0 Å². The zero-order valence-electron chi connectivity index (χ0n) is 15.0. The average molecular weight is 369 g/mol. The lowest BCUT2D eigenvalue weighted by Crippen LogP contribution is -2.28. The van der Waals surface area contributed by atoms with Crippen molar-refractivity contribution >= 4 is 16.9 Å². The van der Waals surface area contributed by atoms with Crippen LogP contribution in [-0.4, -0.2) is 26.7 Å². The van der Waals surface area contributed by atoms with E-state index in [1.54, 1.807) is 56.7 Å². The summed E-state index contributed by atoms with van der Waals surface area (Å²) in [5.41, 5.74) is 0.754. The van der Waals surface area contributed by atoms with Crippen LogP contribution < -0.4 is 25.2 Å². The molecule has 1 amide bonds. The van der Waals surface area contributed by atoms with Crippen LogP contribution in [0.3, 0.4) is 0 Å². The third-order valence-corrected chi connectivity index (χ3v) is 3.93. The summed E-state index contributed by atoms with van der Waals surface area (Å²) in [6.45, 7) is 0.101. The summed E-state index contributed by atoms with van der Waals surface area (Å²) >= 11 is 0. The average Bonchev–Trinajstić information content (AvgIpc) is 2.70. The van der Waals surface area contributed by atoms with E-state index in [1.807, 2.05) is 0 Å². The number of hydrogen-bond donors (Lipinski definition) is 1. The van der Waals surface area contributed by atoms with Crippen LogP contribution in [0, 0.1) is 0 Å². The number of carbonyl (C=O) groups excluding carboxylic acids is 1. The lowest BCUT2D eigenvalue weighted by molar-refractivity contribution is -0.123. The van der Waals surface area contributed by atoms with Gasteiger partial charge in [-0.1, -0.05) is 0 Å². The Balaban J connectivity index is 1.59. The van der Waals surface area contributed by atoms with Crippen LogP contribution in [0.1, 0.15) is 5.56 Å². The van der Waals surface area contributed by atoms with E-state index in [4.69, 9.17) is 18.6 Å². The summed E-state index contributed by atoms with van der Waals surface area (Å²) in [6, 6.07) is 13.4. The molecule has 0 radical (unpaired) electrons. The number of fused-ring (bicyclic) bond motifs is 1. The monoisotopic (exact) mass is 369 g/mol. The first-order valence-electron chi connectivity index (χ1n) is 8.23. The summed E-state index contributed by atoms with van der Waals surface area (Å²) in [6.07, 6.45) is 0. The second-order valence-corrected chi connectivity index (χ2v) is 5.70. The second-order valence-electron chi connectivity index (χ2n) is 5.70. The molecule has 1 aromatic heterocycles. The summed E-state index contributed by atoms with van der Waals surface area (Å²) in [5, 5.41) is 3.54. The Hall–Kier alpha value is -3.48. The van der Waals surface area contributed by atoms with Gasteiger partial charge in [0, 0.05) is 29.6 Å². The van der Waals surface area contributed by atoms with Crippen LogP contribution in [0.2, 0.25) is 0 Å². The van der Waals surface area contributed by atoms with Crippen molar-refractivity contribution in [2.75, 3.05) is 20.8 Å². The number of benzene rings is 2. The van der Waals surface area contributed by atoms with Gasteiger partial charge in [0.1, 0.15) is 22.8 Å². The molecule has 0 saturated carbocycles. The molecule has 7 heteroatoms. The summed E-state index contributed by atoms with van der Waals surface area (Å²) in [7, 11) is 3.14. The Labute approximate surface area is 155 Å². The van der Waals surface area contributed by atoms with Crippen molar-refractivity contribution in [3.63, 3.8) is 0 Å². The second kappa shape index (κ2) is 8.27. The number of nitrogens with one attached hydrogen (secondary N) is 1. The van der Waals surface area contributed by atoms with Crippen LogP contribution in [-0.2, 0) is 11.3 Å². The molecule has 0 atom stereocenters. The Kier molecular flexibility index (Phi) is 5.61. The maximum absolute atomic E-state index is 12.1. The van der Waals surface area contributed by atoms with Gasteiger partial charge >= 0.3 is 5.63 Å². The Morgan fingerprint density at radius 2 is 1.78 bits per heavy atom. The van der Waals surface area contributed by atoms with Crippen LogP contribution in [0.25, 0.3) is 11.0 Å². The molecule has 0 spiro atoms. The molecule has 140 valence electrons. The normalized spacial score (nSPS) is 10.4. The largest absolute Gasteiger partial charge is 0.497 e. The lowest BCUT2D eigenvalue weighted by Gasteiger charge is -2.12. The number of hydrogen-bond acceptors (Lipinski definition) is 6. The van der Waals surface area contributed by atoms with Crippen molar-refractivity contribution in [2.24, 2.45) is 0 Å². The predicted octanol–water partition coefficient (Wildman–Crippen LogP) is 2.51. The molecule has 7 nitrogen and oxygen atoms in total. The number of rotatable bonds is 7. The highest BCUT2D eigenvalue weighted by molar-refractivity contribution is 5.79. The SMILES string of the molecule is COc1ccc(OC)c(CNC(=O)COc2ccc3ccc(=O)oc3c2)c1. The minimum absolute atomic E-state index is 0.172. The number of methoxy groups -OCH3 is 2. The van der Waals surface area contributed by atoms with Gasteiger partial charge in [-0.25, -0.2) is 4.79 Å². The van der Waals surface area contributed by atoms with Gasteiger partial charge in [-0.2, -0.15) is 0 Å². The molecule has 0 aliphatic rings. The zero-order chi connectivity index (χ0) is 19.2. The predicted molar refractivity (Wildman–Crippen MR) is 99.4 cm³/mol. The highest BCUT2D eigenvalue weighted by Gasteiger charge is 2.09. The van der Waals surface area contributed by atoms with Gasteiger partial charge in [-0.05, 0) is 36.4 Å². The fourth-order valence-corrected chi connectivity index (χ4v) is 2.54. The van der Waals surface area contributed by atoms with Crippen molar-refractivity contribution in [3.05, 3.63) is 64.5 Å². The summed E-state index contributed by atoms with van der Waals surface area (Å²) < 4.78 is 21.0. The van der Waals surface area contributed by atoms with Gasteiger partial charge in [-0.15, -0.1) is 0 Å². The zero-order valence-corrected chi connectivity index (χ0v) is 15.0. The molecule has 0 fully saturated rings. The molecule has 0 aliphatic heterocycles. The van der Waals surface area contributed by atoms with E-state index in [9.17, 15) is 9.59 Å². The maximum atomic E-state index is 12.1. The van der Waals surface area contributed by atoms with Gasteiger partial charge in [0.15, 0.2) is 6.61 Å².